The van der Waals surface area contributed by atoms with Crippen molar-refractivity contribution in [2.75, 3.05) is 36.4 Å². The number of nitrogens with two attached hydrogens (primary N) is 1. The maximum absolute atomic E-state index is 12.5. The minimum atomic E-state index is -3.75. The molecule has 1 aromatic heterocycles. The van der Waals surface area contributed by atoms with Gasteiger partial charge in [-0.2, -0.15) is 0 Å². The number of aromatic nitrogens is 2. The van der Waals surface area contributed by atoms with Gasteiger partial charge in [-0.1, -0.05) is 0 Å². The van der Waals surface area contributed by atoms with E-state index in [0.717, 1.165) is 26.2 Å². The third-order valence-corrected chi connectivity index (χ3v) is 5.46. The molecule has 3 rings (SSSR count). The standard InChI is InChI=1S/C17H22N6O3S/c1-13(16(24)21-14-3-5-15(6-4-14)27(18,25)26)22-9-11-23(12-10-22)17-19-7-2-8-20-17/h2-8,13H,9-12H2,1H3,(H,21,24)(H2,18,25,26)/t13-/m1/s1. The van der Waals surface area contributed by atoms with Gasteiger partial charge in [0, 0.05) is 44.3 Å². The van der Waals surface area contributed by atoms with Crippen LogP contribution in [0.15, 0.2) is 47.6 Å². The predicted molar refractivity (Wildman–Crippen MR) is 102 cm³/mol. The lowest BCUT2D eigenvalue weighted by Crippen LogP contribution is -2.53. The fourth-order valence-electron chi connectivity index (χ4n) is 2.90. The molecule has 9 nitrogen and oxygen atoms in total. The molecule has 1 fully saturated rings. The summed E-state index contributed by atoms with van der Waals surface area (Å²) < 4.78 is 22.6. The van der Waals surface area contributed by atoms with Crippen LogP contribution < -0.4 is 15.4 Å². The van der Waals surface area contributed by atoms with E-state index < -0.39 is 10.0 Å². The Labute approximate surface area is 158 Å². The topological polar surface area (TPSA) is 122 Å². The number of amides is 1. The number of piperazine rings is 1. The molecule has 1 saturated heterocycles. The number of carbonyl (C=O) groups is 1. The average Bonchev–Trinajstić information content (AvgIpc) is 2.68. The Kier molecular flexibility index (Phi) is 5.68. The van der Waals surface area contributed by atoms with Crippen LogP contribution in [0.2, 0.25) is 0 Å². The summed E-state index contributed by atoms with van der Waals surface area (Å²) in [4.78, 5) is 25.2. The number of carbonyl (C=O) groups excluding carboxylic acids is 1. The predicted octanol–water partition coefficient (Wildman–Crippen LogP) is 0.273. The van der Waals surface area contributed by atoms with Gasteiger partial charge in [0.15, 0.2) is 0 Å². The zero-order chi connectivity index (χ0) is 19.4. The molecule has 0 saturated carbocycles. The lowest BCUT2D eigenvalue weighted by molar-refractivity contribution is -0.120. The second-order valence-electron chi connectivity index (χ2n) is 6.31. The van der Waals surface area contributed by atoms with Gasteiger partial charge in [-0.3, -0.25) is 9.69 Å². The summed E-state index contributed by atoms with van der Waals surface area (Å²) in [6.45, 7) is 4.77. The van der Waals surface area contributed by atoms with Crippen LogP contribution >= 0.6 is 0 Å². The zero-order valence-electron chi connectivity index (χ0n) is 14.9. The molecular weight excluding hydrogens is 368 g/mol. The Morgan fingerprint density at radius 3 is 2.26 bits per heavy atom. The smallest absolute Gasteiger partial charge is 0.241 e. The summed E-state index contributed by atoms with van der Waals surface area (Å²) in [6, 6.07) is 7.25. The average molecular weight is 390 g/mol. The van der Waals surface area contributed by atoms with Crippen LogP contribution in [0.1, 0.15) is 6.92 Å². The number of nitrogens with zero attached hydrogens (tertiary/aromatic N) is 4. The summed E-state index contributed by atoms with van der Waals surface area (Å²) in [5.41, 5.74) is 0.524. The van der Waals surface area contributed by atoms with Crippen molar-refractivity contribution in [1.29, 1.82) is 0 Å². The van der Waals surface area contributed by atoms with Crippen molar-refractivity contribution in [2.45, 2.75) is 17.9 Å². The number of benzene rings is 1. The van der Waals surface area contributed by atoms with E-state index in [1.165, 1.54) is 24.3 Å². The van der Waals surface area contributed by atoms with Crippen LogP contribution in [-0.4, -0.2) is 61.4 Å². The summed E-state index contributed by atoms with van der Waals surface area (Å²) in [5.74, 6) is 0.548. The van der Waals surface area contributed by atoms with E-state index in [1.54, 1.807) is 18.5 Å². The van der Waals surface area contributed by atoms with Crippen LogP contribution in [0.5, 0.6) is 0 Å². The highest BCUT2D eigenvalue weighted by molar-refractivity contribution is 7.89. The van der Waals surface area contributed by atoms with Gasteiger partial charge < -0.3 is 10.2 Å². The molecule has 0 aliphatic carbocycles. The third-order valence-electron chi connectivity index (χ3n) is 4.53. The van der Waals surface area contributed by atoms with Gasteiger partial charge in [0.1, 0.15) is 0 Å². The first-order chi connectivity index (χ1) is 12.8. The van der Waals surface area contributed by atoms with Gasteiger partial charge in [0.05, 0.1) is 10.9 Å². The quantitative estimate of drug-likeness (QED) is 0.752. The highest BCUT2D eigenvalue weighted by Gasteiger charge is 2.26. The van der Waals surface area contributed by atoms with Crippen molar-refractivity contribution < 1.29 is 13.2 Å². The van der Waals surface area contributed by atoms with Gasteiger partial charge in [-0.25, -0.2) is 23.5 Å². The van der Waals surface area contributed by atoms with Gasteiger partial charge in [-0.05, 0) is 37.3 Å². The largest absolute Gasteiger partial charge is 0.338 e. The molecule has 1 aliphatic rings. The van der Waals surface area contributed by atoms with E-state index in [2.05, 4.69) is 25.1 Å². The van der Waals surface area contributed by atoms with Gasteiger partial charge >= 0.3 is 0 Å². The van der Waals surface area contributed by atoms with E-state index in [9.17, 15) is 13.2 Å². The van der Waals surface area contributed by atoms with Crippen LogP contribution in [0.4, 0.5) is 11.6 Å². The van der Waals surface area contributed by atoms with Crippen LogP contribution in [0, 0.1) is 0 Å². The molecule has 1 aliphatic heterocycles. The van der Waals surface area contributed by atoms with E-state index in [1.807, 2.05) is 6.92 Å². The Balaban J connectivity index is 1.55. The fourth-order valence-corrected chi connectivity index (χ4v) is 3.42. The van der Waals surface area contributed by atoms with Crippen molar-refractivity contribution in [3.63, 3.8) is 0 Å². The summed E-state index contributed by atoms with van der Waals surface area (Å²) in [5, 5.41) is 7.88. The van der Waals surface area contributed by atoms with Crippen molar-refractivity contribution >= 4 is 27.6 Å². The molecule has 1 aromatic carbocycles. The second kappa shape index (κ2) is 7.99. The molecule has 0 spiro atoms. The second-order valence-corrected chi connectivity index (χ2v) is 7.87. The number of sulfonamides is 1. The maximum atomic E-state index is 12.5. The third kappa shape index (κ3) is 4.79. The fraction of sp³-hybridized carbons (Fsp3) is 0.353. The number of nitrogens with one attached hydrogen (secondary N) is 1. The Hall–Kier alpha value is -2.56. The molecule has 1 amide bonds. The minimum Gasteiger partial charge on any atom is -0.338 e. The lowest BCUT2D eigenvalue weighted by Gasteiger charge is -2.37. The van der Waals surface area contributed by atoms with E-state index in [-0.39, 0.29) is 16.8 Å². The molecule has 3 N–H and O–H groups in total. The van der Waals surface area contributed by atoms with Crippen LogP contribution in [-0.2, 0) is 14.8 Å². The minimum absolute atomic E-state index is 0.00722. The van der Waals surface area contributed by atoms with E-state index in [0.29, 0.717) is 11.6 Å². The van der Waals surface area contributed by atoms with Gasteiger partial charge in [0.25, 0.3) is 0 Å². The number of primary sulfonamides is 1. The molecular formula is C17H22N6O3S. The first-order valence-corrected chi connectivity index (χ1v) is 10.1. The Bertz CT molecular complexity index is 881. The van der Waals surface area contributed by atoms with Crippen molar-refractivity contribution in [2.24, 2.45) is 5.14 Å². The monoisotopic (exact) mass is 390 g/mol. The first kappa shape index (κ1) is 19.2. The Morgan fingerprint density at radius 1 is 1.11 bits per heavy atom. The molecule has 2 heterocycles. The number of hydrogen-bond donors (Lipinski definition) is 2. The SMILES string of the molecule is C[C@H](C(=O)Nc1ccc(S(N)(=O)=O)cc1)N1CCN(c2ncccn2)CC1. The highest BCUT2D eigenvalue weighted by Crippen LogP contribution is 2.15. The maximum Gasteiger partial charge on any atom is 0.241 e. The zero-order valence-corrected chi connectivity index (χ0v) is 15.8. The normalized spacial score (nSPS) is 16.7. The van der Waals surface area contributed by atoms with Gasteiger partial charge in [0.2, 0.25) is 21.9 Å². The van der Waals surface area contributed by atoms with Crippen molar-refractivity contribution in [1.82, 2.24) is 14.9 Å². The lowest BCUT2D eigenvalue weighted by atomic mass is 10.2. The summed E-state index contributed by atoms with van der Waals surface area (Å²) in [6.07, 6.45) is 3.43. The highest BCUT2D eigenvalue weighted by atomic mass is 32.2. The molecule has 10 heteroatoms. The van der Waals surface area contributed by atoms with Crippen molar-refractivity contribution in [3.8, 4) is 0 Å². The number of hydrogen-bond acceptors (Lipinski definition) is 7. The van der Waals surface area contributed by atoms with Gasteiger partial charge in [-0.15, -0.1) is 0 Å². The number of rotatable bonds is 5. The van der Waals surface area contributed by atoms with Crippen LogP contribution in [0.25, 0.3) is 0 Å². The summed E-state index contributed by atoms with van der Waals surface area (Å²) in [7, 11) is -3.75. The first-order valence-electron chi connectivity index (χ1n) is 8.54. The molecule has 27 heavy (non-hydrogen) atoms. The molecule has 0 unspecified atom stereocenters. The molecule has 1 atom stereocenters. The molecule has 0 bridgehead atoms. The van der Waals surface area contributed by atoms with Crippen LogP contribution in [0.3, 0.4) is 0 Å². The molecule has 144 valence electrons. The number of anilines is 2. The van der Waals surface area contributed by atoms with E-state index in [4.69, 9.17) is 5.14 Å². The van der Waals surface area contributed by atoms with Crippen molar-refractivity contribution in [3.05, 3.63) is 42.7 Å². The molecule has 2 aromatic rings. The molecule has 0 radical (unpaired) electrons. The Morgan fingerprint density at radius 2 is 1.70 bits per heavy atom. The van der Waals surface area contributed by atoms with E-state index >= 15 is 0 Å². The summed E-state index contributed by atoms with van der Waals surface area (Å²) >= 11 is 0.